The number of ketones is 1. The standard InChI is InChI=1S/C3H5O.4CO.Fe.Na/c1-3(2)4;4*1-2;;/h1H2,2H3;;;;;;/q-1;;;;;;+1. The molecule has 0 aromatic rings. The molecule has 5 nitrogen and oxygen atoms in total. The summed E-state index contributed by atoms with van der Waals surface area (Å²) in [6, 6.07) is 0. The van der Waals surface area contributed by atoms with E-state index in [1.165, 1.54) is 6.92 Å². The average molecular weight is 248 g/mol. The van der Waals surface area contributed by atoms with Crippen LogP contribution in [0.5, 0.6) is 0 Å². The molecule has 0 fully saturated rings. The molecule has 0 heterocycles. The van der Waals surface area contributed by atoms with E-state index < -0.39 is 0 Å². The van der Waals surface area contributed by atoms with Gasteiger partial charge in [0, 0.05) is 17.1 Å². The van der Waals surface area contributed by atoms with Crippen LogP contribution in [-0.2, 0) is 40.5 Å². The second-order valence-electron chi connectivity index (χ2n) is 0.702. The van der Waals surface area contributed by atoms with Crippen LogP contribution >= 0.6 is 0 Å². The molecule has 0 rings (SSSR count). The summed E-state index contributed by atoms with van der Waals surface area (Å²) in [6.45, 7) is 22.4. The molecule has 0 N–H and O–H groups in total. The third kappa shape index (κ3) is 3850000. The number of hydrogen-bond acceptors (Lipinski definition) is 1. The van der Waals surface area contributed by atoms with Crippen molar-refractivity contribution in [2.45, 2.75) is 6.92 Å². The van der Waals surface area contributed by atoms with Gasteiger partial charge in [-0.15, -0.1) is 0 Å². The quantitative estimate of drug-likeness (QED) is 0.259. The summed E-state index contributed by atoms with van der Waals surface area (Å²) in [7, 11) is 0. The van der Waals surface area contributed by atoms with Gasteiger partial charge < -0.3 is 11.7 Å². The fraction of sp³-hybridized carbons (Fsp3) is 0.143. The second-order valence-corrected chi connectivity index (χ2v) is 0.702. The van der Waals surface area contributed by atoms with E-state index in [0.29, 0.717) is 0 Å². The molecule has 0 saturated heterocycles. The van der Waals surface area contributed by atoms with Crippen molar-refractivity contribution < 1.29 is 70.0 Å². The van der Waals surface area contributed by atoms with E-state index in [4.69, 9.17) is 18.6 Å². The van der Waals surface area contributed by atoms with Gasteiger partial charge in [-0.05, 0) is 12.7 Å². The van der Waals surface area contributed by atoms with E-state index in [1.807, 2.05) is 0 Å². The Morgan fingerprint density at radius 1 is 0.929 bits per heavy atom. The van der Waals surface area contributed by atoms with Gasteiger partial charge in [-0.25, -0.2) is 0 Å². The Morgan fingerprint density at radius 3 is 0.929 bits per heavy atom. The summed E-state index contributed by atoms with van der Waals surface area (Å²) in [4.78, 5) is 9.33. The minimum Gasteiger partial charge on any atom is -0.340 e. The van der Waals surface area contributed by atoms with E-state index >= 15 is 0 Å². The smallest absolute Gasteiger partial charge is 0.340 e. The molecule has 0 atom stereocenters. The Morgan fingerprint density at radius 2 is 0.929 bits per heavy atom. The second kappa shape index (κ2) is 206. The van der Waals surface area contributed by atoms with Crippen molar-refractivity contribution in [2.75, 3.05) is 0 Å². The summed E-state index contributed by atoms with van der Waals surface area (Å²) in [5.74, 6) is -0.0833. The minimum absolute atomic E-state index is 0. The van der Waals surface area contributed by atoms with Gasteiger partial charge in [0.1, 0.15) is 0 Å². The fourth-order valence-corrected chi connectivity index (χ4v) is 0. The molecule has 0 aliphatic rings. The molecular formula is C7H5FeNaO5. The van der Waals surface area contributed by atoms with Gasteiger partial charge in [0.2, 0.25) is 0 Å². The van der Waals surface area contributed by atoms with Crippen molar-refractivity contribution in [3.05, 3.63) is 33.5 Å². The number of rotatable bonds is 0. The molecule has 0 radical (unpaired) electrons. The van der Waals surface area contributed by atoms with Crippen LogP contribution in [0.15, 0.2) is 0 Å². The van der Waals surface area contributed by atoms with E-state index in [9.17, 15) is 4.79 Å². The van der Waals surface area contributed by atoms with Crippen LogP contribution in [0, 0.1) is 33.5 Å². The van der Waals surface area contributed by atoms with E-state index in [-0.39, 0.29) is 52.4 Å². The molecule has 7 heteroatoms. The Labute approximate surface area is 116 Å². The Balaban J connectivity index is -0.00000000887. The first-order valence-electron chi connectivity index (χ1n) is 1.87. The van der Waals surface area contributed by atoms with Crippen LogP contribution in [0.1, 0.15) is 6.92 Å². The first-order valence-corrected chi connectivity index (χ1v) is 1.87. The summed E-state index contributed by atoms with van der Waals surface area (Å²) < 4.78 is 30.0. The van der Waals surface area contributed by atoms with Crippen molar-refractivity contribution in [3.8, 4) is 0 Å². The zero-order valence-corrected chi connectivity index (χ0v) is 10.7. The predicted molar refractivity (Wildman–Crippen MR) is 31.8 cm³/mol. The average Bonchev–Trinajstić information content (AvgIpc) is 2.16. The Hall–Kier alpha value is 0.0195. The molecule has 0 amide bonds. The predicted octanol–water partition coefficient (Wildman–Crippen LogP) is -2.74. The summed E-state index contributed by atoms with van der Waals surface area (Å²) in [5.41, 5.74) is 0. The van der Waals surface area contributed by atoms with Crippen molar-refractivity contribution in [1.82, 2.24) is 0 Å². The largest absolute Gasteiger partial charge is 1.00 e. The van der Waals surface area contributed by atoms with Gasteiger partial charge in [-0.2, -0.15) is 0 Å². The van der Waals surface area contributed by atoms with Gasteiger partial charge in [0.15, 0.2) is 0 Å². The molecule has 0 aromatic carbocycles. The number of hydrogen-bond donors (Lipinski definition) is 0. The van der Waals surface area contributed by atoms with Crippen molar-refractivity contribution in [2.24, 2.45) is 0 Å². The molecule has 0 aliphatic heterocycles. The Kier molecular flexibility index (Phi) is 711. The maximum absolute atomic E-state index is 9.33. The maximum atomic E-state index is 9.33. The SMILES string of the molecule is [C-]#[O+].[C-]#[O+].[C-]#[O+].[C-]#[O+].[CH2-]C(C)=O.[Fe].[Na+]. The fourth-order valence-electron chi connectivity index (χ4n) is 0. The van der Waals surface area contributed by atoms with Gasteiger partial charge in [0.25, 0.3) is 0 Å². The number of Topliss-reactive ketones (excluding diaryl/α,β-unsaturated/α-hetero) is 1. The zero-order chi connectivity index (χ0) is 11.6. The molecular weight excluding hydrogens is 243 g/mol. The minimum atomic E-state index is -0.0833. The molecule has 0 unspecified atom stereocenters. The molecule has 0 aliphatic carbocycles. The maximum Gasteiger partial charge on any atom is 1.00 e. The number of carbonyl (C=O) groups excluding carboxylic acids is 1. The van der Waals surface area contributed by atoms with Crippen LogP contribution in [-0.4, -0.2) is 5.78 Å². The van der Waals surface area contributed by atoms with Crippen molar-refractivity contribution >= 4 is 5.78 Å². The van der Waals surface area contributed by atoms with Crippen molar-refractivity contribution in [1.29, 1.82) is 0 Å². The van der Waals surface area contributed by atoms with Crippen LogP contribution in [0.4, 0.5) is 0 Å². The van der Waals surface area contributed by atoms with Crippen LogP contribution < -0.4 is 29.6 Å². The molecule has 0 saturated carbocycles. The zero-order valence-electron chi connectivity index (χ0n) is 7.60. The number of carbonyl (C=O) groups is 1. The summed E-state index contributed by atoms with van der Waals surface area (Å²) in [6.07, 6.45) is 0. The van der Waals surface area contributed by atoms with Crippen LogP contribution in [0.2, 0.25) is 0 Å². The monoisotopic (exact) mass is 248 g/mol. The van der Waals surface area contributed by atoms with E-state index in [0.717, 1.165) is 0 Å². The molecule has 14 heavy (non-hydrogen) atoms. The molecule has 0 spiro atoms. The van der Waals surface area contributed by atoms with Gasteiger partial charge in [-0.3, -0.25) is 0 Å². The summed E-state index contributed by atoms with van der Waals surface area (Å²) in [5, 5.41) is 0. The van der Waals surface area contributed by atoms with E-state index in [2.05, 4.69) is 33.5 Å². The van der Waals surface area contributed by atoms with Gasteiger partial charge in [-0.1, -0.05) is 0 Å². The van der Waals surface area contributed by atoms with Crippen LogP contribution in [0.25, 0.3) is 0 Å². The van der Waals surface area contributed by atoms with Gasteiger partial charge in [0.05, 0.1) is 0 Å². The van der Waals surface area contributed by atoms with Crippen LogP contribution in [0.3, 0.4) is 0 Å². The first-order chi connectivity index (χ1) is 5.73. The normalized spacial score (nSPS) is 2.36. The molecule has 0 bridgehead atoms. The molecule has 0 aromatic heterocycles. The van der Waals surface area contributed by atoms with Gasteiger partial charge >= 0.3 is 74.8 Å². The van der Waals surface area contributed by atoms with Crippen molar-refractivity contribution in [3.63, 3.8) is 0 Å². The summed E-state index contributed by atoms with van der Waals surface area (Å²) >= 11 is 0. The first kappa shape index (κ1) is 48.2. The van der Waals surface area contributed by atoms with E-state index in [1.54, 1.807) is 0 Å². The third-order valence-corrected chi connectivity index (χ3v) is 0. The topological polar surface area (TPSA) is 96.7 Å². The Bertz CT molecular complexity index is 121. The molecule has 72 valence electrons. The third-order valence-electron chi connectivity index (χ3n) is 0.